The number of hydrogen-bond acceptors (Lipinski definition) is 3. The van der Waals surface area contributed by atoms with Crippen molar-refractivity contribution in [3.05, 3.63) is 65.5 Å². The maximum atomic E-state index is 13.6. The number of benzene rings is 2. The summed E-state index contributed by atoms with van der Waals surface area (Å²) in [7, 11) is 1.37. The van der Waals surface area contributed by atoms with E-state index in [4.69, 9.17) is 10.5 Å². The molecule has 19 heavy (non-hydrogen) atoms. The lowest BCUT2D eigenvalue weighted by Gasteiger charge is -2.11. The van der Waals surface area contributed by atoms with Crippen LogP contribution in [-0.2, 0) is 0 Å². The lowest BCUT2D eigenvalue weighted by atomic mass is 9.98. The molecular weight excluding hydrogens is 245 g/mol. The van der Waals surface area contributed by atoms with Crippen LogP contribution in [0.1, 0.15) is 22.0 Å². The molecule has 0 aliphatic heterocycles. The monoisotopic (exact) mass is 259 g/mol. The second-order valence-corrected chi connectivity index (χ2v) is 4.10. The molecule has 0 heterocycles. The minimum absolute atomic E-state index is 0.102. The van der Waals surface area contributed by atoms with Gasteiger partial charge in [0, 0.05) is 5.56 Å². The zero-order valence-electron chi connectivity index (χ0n) is 10.5. The van der Waals surface area contributed by atoms with Gasteiger partial charge in [0.25, 0.3) is 0 Å². The van der Waals surface area contributed by atoms with Crippen molar-refractivity contribution < 1.29 is 13.9 Å². The summed E-state index contributed by atoms with van der Waals surface area (Å²) in [6.07, 6.45) is 0. The van der Waals surface area contributed by atoms with E-state index in [2.05, 4.69) is 0 Å². The standard InChI is InChI=1S/C15H14FNO2/c1-19-13-8-7-11(9-12(13)16)15(18)14(17)10-5-3-2-4-6-10/h2-9,14H,17H2,1H3. The first kappa shape index (κ1) is 13.2. The molecule has 0 fully saturated rings. The highest BCUT2D eigenvalue weighted by molar-refractivity contribution is 6.00. The number of ether oxygens (including phenoxy) is 1. The van der Waals surface area contributed by atoms with Crippen LogP contribution >= 0.6 is 0 Å². The van der Waals surface area contributed by atoms with Gasteiger partial charge < -0.3 is 10.5 Å². The smallest absolute Gasteiger partial charge is 0.184 e. The molecule has 1 atom stereocenters. The molecule has 0 spiro atoms. The Morgan fingerprint density at radius 1 is 1.21 bits per heavy atom. The topological polar surface area (TPSA) is 52.3 Å². The normalized spacial score (nSPS) is 11.9. The number of ketones is 1. The Labute approximate surface area is 110 Å². The number of hydrogen-bond donors (Lipinski definition) is 1. The predicted octanol–water partition coefficient (Wildman–Crippen LogP) is 2.72. The Balaban J connectivity index is 2.27. The first-order chi connectivity index (χ1) is 9.13. The number of halogens is 1. The van der Waals surface area contributed by atoms with Gasteiger partial charge in [0.2, 0.25) is 0 Å². The van der Waals surface area contributed by atoms with E-state index in [-0.39, 0.29) is 17.1 Å². The lowest BCUT2D eigenvalue weighted by Crippen LogP contribution is -2.21. The summed E-state index contributed by atoms with van der Waals surface area (Å²) in [5.74, 6) is -0.800. The van der Waals surface area contributed by atoms with Crippen LogP contribution in [0.3, 0.4) is 0 Å². The Bertz CT molecular complexity index is 584. The summed E-state index contributed by atoms with van der Waals surface area (Å²) in [4.78, 5) is 12.2. The molecule has 0 amide bonds. The first-order valence-corrected chi connectivity index (χ1v) is 5.81. The third kappa shape index (κ3) is 2.80. The Kier molecular flexibility index (Phi) is 3.92. The summed E-state index contributed by atoms with van der Waals surface area (Å²) in [6, 6.07) is 12.2. The summed E-state index contributed by atoms with van der Waals surface area (Å²) in [5, 5.41) is 0. The molecule has 0 aromatic heterocycles. The predicted molar refractivity (Wildman–Crippen MR) is 70.7 cm³/mol. The van der Waals surface area contributed by atoms with Crippen LogP contribution in [0.15, 0.2) is 48.5 Å². The fourth-order valence-electron chi connectivity index (χ4n) is 1.81. The molecule has 0 aliphatic carbocycles. The number of nitrogens with two attached hydrogens (primary N) is 1. The van der Waals surface area contributed by atoms with Crippen LogP contribution in [0, 0.1) is 5.82 Å². The largest absolute Gasteiger partial charge is 0.494 e. The fourth-order valence-corrected chi connectivity index (χ4v) is 1.81. The van der Waals surface area contributed by atoms with Crippen molar-refractivity contribution in [2.45, 2.75) is 6.04 Å². The zero-order chi connectivity index (χ0) is 13.8. The van der Waals surface area contributed by atoms with Gasteiger partial charge in [-0.25, -0.2) is 4.39 Å². The molecule has 3 nitrogen and oxygen atoms in total. The quantitative estimate of drug-likeness (QED) is 0.859. The maximum absolute atomic E-state index is 13.6. The van der Waals surface area contributed by atoms with Crippen molar-refractivity contribution in [3.8, 4) is 5.75 Å². The van der Waals surface area contributed by atoms with E-state index < -0.39 is 11.9 Å². The molecule has 2 rings (SSSR count). The van der Waals surface area contributed by atoms with Gasteiger partial charge in [0.15, 0.2) is 17.3 Å². The van der Waals surface area contributed by atoms with Gasteiger partial charge in [-0.2, -0.15) is 0 Å². The second-order valence-electron chi connectivity index (χ2n) is 4.10. The van der Waals surface area contributed by atoms with Gasteiger partial charge in [-0.05, 0) is 23.8 Å². The highest BCUT2D eigenvalue weighted by atomic mass is 19.1. The van der Waals surface area contributed by atoms with Crippen molar-refractivity contribution in [1.82, 2.24) is 0 Å². The van der Waals surface area contributed by atoms with Crippen molar-refractivity contribution in [3.63, 3.8) is 0 Å². The van der Waals surface area contributed by atoms with Gasteiger partial charge in [0.1, 0.15) is 0 Å². The third-order valence-corrected chi connectivity index (χ3v) is 2.88. The van der Waals surface area contributed by atoms with Crippen LogP contribution in [0.5, 0.6) is 5.75 Å². The van der Waals surface area contributed by atoms with E-state index in [0.29, 0.717) is 5.56 Å². The third-order valence-electron chi connectivity index (χ3n) is 2.88. The molecule has 0 saturated carbocycles. The molecule has 1 unspecified atom stereocenters. The number of carbonyl (C=O) groups excluding carboxylic acids is 1. The molecule has 98 valence electrons. The number of Topliss-reactive ketones (excluding diaryl/α,β-unsaturated/α-hetero) is 1. The van der Waals surface area contributed by atoms with Gasteiger partial charge in [-0.1, -0.05) is 30.3 Å². The van der Waals surface area contributed by atoms with Crippen LogP contribution in [0.4, 0.5) is 4.39 Å². The molecule has 4 heteroatoms. The fraction of sp³-hybridized carbons (Fsp3) is 0.133. The SMILES string of the molecule is COc1ccc(C(=O)C(N)c2ccccc2)cc1F. The highest BCUT2D eigenvalue weighted by Gasteiger charge is 2.18. The van der Waals surface area contributed by atoms with E-state index in [1.165, 1.54) is 19.2 Å². The lowest BCUT2D eigenvalue weighted by molar-refractivity contribution is 0.0961. The van der Waals surface area contributed by atoms with Crippen LogP contribution in [0.2, 0.25) is 0 Å². The molecule has 2 N–H and O–H groups in total. The molecule has 2 aromatic rings. The molecule has 0 aliphatic rings. The Morgan fingerprint density at radius 3 is 2.47 bits per heavy atom. The summed E-state index contributed by atoms with van der Waals surface area (Å²) in [6.45, 7) is 0. The number of rotatable bonds is 4. The Hall–Kier alpha value is -2.20. The maximum Gasteiger partial charge on any atom is 0.184 e. The highest BCUT2D eigenvalue weighted by Crippen LogP contribution is 2.21. The van der Waals surface area contributed by atoms with E-state index in [1.807, 2.05) is 6.07 Å². The van der Waals surface area contributed by atoms with E-state index >= 15 is 0 Å². The molecule has 0 bridgehead atoms. The van der Waals surface area contributed by atoms with Crippen molar-refractivity contribution in [2.75, 3.05) is 7.11 Å². The molecule has 0 radical (unpaired) electrons. The molecule has 0 saturated heterocycles. The first-order valence-electron chi connectivity index (χ1n) is 5.81. The Morgan fingerprint density at radius 2 is 1.89 bits per heavy atom. The summed E-state index contributed by atoms with van der Waals surface area (Å²) in [5.41, 5.74) is 6.82. The summed E-state index contributed by atoms with van der Waals surface area (Å²) >= 11 is 0. The van der Waals surface area contributed by atoms with Gasteiger partial charge in [-0.15, -0.1) is 0 Å². The van der Waals surface area contributed by atoms with Crippen LogP contribution < -0.4 is 10.5 Å². The van der Waals surface area contributed by atoms with Gasteiger partial charge in [-0.3, -0.25) is 4.79 Å². The minimum atomic E-state index is -0.797. The molecule has 2 aromatic carbocycles. The second kappa shape index (κ2) is 5.63. The van der Waals surface area contributed by atoms with Crippen molar-refractivity contribution in [2.24, 2.45) is 5.73 Å². The summed E-state index contributed by atoms with van der Waals surface area (Å²) < 4.78 is 18.4. The van der Waals surface area contributed by atoms with Gasteiger partial charge in [0.05, 0.1) is 13.2 Å². The van der Waals surface area contributed by atoms with E-state index in [0.717, 1.165) is 6.07 Å². The van der Waals surface area contributed by atoms with E-state index in [1.54, 1.807) is 24.3 Å². The average Bonchev–Trinajstić information content (AvgIpc) is 2.46. The van der Waals surface area contributed by atoms with E-state index in [9.17, 15) is 9.18 Å². The zero-order valence-corrected chi connectivity index (χ0v) is 10.5. The number of methoxy groups -OCH3 is 1. The van der Waals surface area contributed by atoms with Crippen molar-refractivity contribution in [1.29, 1.82) is 0 Å². The van der Waals surface area contributed by atoms with Crippen molar-refractivity contribution >= 4 is 5.78 Å². The number of carbonyl (C=O) groups is 1. The van der Waals surface area contributed by atoms with Crippen LogP contribution in [0.25, 0.3) is 0 Å². The van der Waals surface area contributed by atoms with Crippen LogP contribution in [-0.4, -0.2) is 12.9 Å². The average molecular weight is 259 g/mol. The van der Waals surface area contributed by atoms with Gasteiger partial charge >= 0.3 is 0 Å². The minimum Gasteiger partial charge on any atom is -0.494 e. The molecular formula is C15H14FNO2.